The molecule has 0 fully saturated rings. The topological polar surface area (TPSA) is 64.6 Å². The molecule has 0 atom stereocenters. The number of methoxy groups -OCH3 is 1. The fourth-order valence-electron chi connectivity index (χ4n) is 1.97. The maximum atomic E-state index is 11.9. The zero-order valence-electron chi connectivity index (χ0n) is 13.9. The highest BCUT2D eigenvalue weighted by Crippen LogP contribution is 2.33. The van der Waals surface area contributed by atoms with Crippen LogP contribution in [0.3, 0.4) is 0 Å². The molecule has 2 rings (SSSR count). The first-order valence-electron chi connectivity index (χ1n) is 7.57. The van der Waals surface area contributed by atoms with E-state index in [0.29, 0.717) is 11.4 Å². The van der Waals surface area contributed by atoms with Crippen LogP contribution in [0.4, 0.5) is 5.69 Å². The molecule has 0 aliphatic heterocycles. The van der Waals surface area contributed by atoms with Crippen molar-refractivity contribution in [1.29, 1.82) is 0 Å². The number of amides is 1. The Morgan fingerprint density at radius 1 is 1.16 bits per heavy atom. The number of esters is 1. The summed E-state index contributed by atoms with van der Waals surface area (Å²) in [5.74, 6) is -0.159. The molecule has 0 unspecified atom stereocenters. The van der Waals surface area contributed by atoms with Gasteiger partial charge in [0.1, 0.15) is 5.75 Å². The number of carbonyl (C=O) groups is 2. The van der Waals surface area contributed by atoms with E-state index in [9.17, 15) is 9.59 Å². The summed E-state index contributed by atoms with van der Waals surface area (Å²) in [5.41, 5.74) is 1.69. The summed E-state index contributed by atoms with van der Waals surface area (Å²) >= 11 is 4.98. The molecule has 2 aromatic rings. The molecule has 1 N–H and O–H groups in total. The first-order chi connectivity index (χ1) is 12.0. The molecule has 0 saturated carbocycles. The van der Waals surface area contributed by atoms with Gasteiger partial charge in [-0.1, -0.05) is 28.1 Å². The Balaban J connectivity index is 2.09. The number of hydrogen-bond donors (Lipinski definition) is 1. The number of rotatable bonds is 6. The van der Waals surface area contributed by atoms with Crippen molar-refractivity contribution < 1.29 is 19.1 Å². The Kier molecular flexibility index (Phi) is 7.33. The Labute approximate surface area is 159 Å². The van der Waals surface area contributed by atoms with Crippen LogP contribution in [0.5, 0.6) is 5.75 Å². The fraction of sp³-hybridized carbons (Fsp3) is 0.222. The highest BCUT2D eigenvalue weighted by molar-refractivity contribution is 9.10. The number of ether oxygens (including phenoxy) is 2. The second-order valence-electron chi connectivity index (χ2n) is 4.95. The minimum atomic E-state index is -0.892. The Morgan fingerprint density at radius 3 is 2.52 bits per heavy atom. The third kappa shape index (κ3) is 5.79. The molecule has 25 heavy (non-hydrogen) atoms. The molecule has 7 heteroatoms. The zero-order chi connectivity index (χ0) is 18.2. The Morgan fingerprint density at radius 2 is 1.88 bits per heavy atom. The van der Waals surface area contributed by atoms with Crippen molar-refractivity contribution in [2.24, 2.45) is 0 Å². The van der Waals surface area contributed by atoms with Crippen molar-refractivity contribution in [3.8, 4) is 5.75 Å². The van der Waals surface area contributed by atoms with Crippen molar-refractivity contribution in [2.45, 2.75) is 17.6 Å². The number of carbonyl (C=O) groups excluding carboxylic acids is 2. The van der Waals surface area contributed by atoms with Crippen LogP contribution < -0.4 is 10.1 Å². The Hall–Kier alpha value is -1.99. The van der Waals surface area contributed by atoms with E-state index in [-0.39, 0.29) is 6.61 Å². The SMILES string of the molecule is CCOC(=O)C(=O)Nc1ccc(Br)cc1SCc1ccc(OC)cc1. The number of thioether (sulfide) groups is 1. The van der Waals surface area contributed by atoms with E-state index in [1.807, 2.05) is 30.3 Å². The lowest BCUT2D eigenvalue weighted by Gasteiger charge is -2.11. The monoisotopic (exact) mass is 423 g/mol. The van der Waals surface area contributed by atoms with E-state index in [1.165, 1.54) is 0 Å². The van der Waals surface area contributed by atoms with Gasteiger partial charge < -0.3 is 14.8 Å². The van der Waals surface area contributed by atoms with Gasteiger partial charge in [0.25, 0.3) is 0 Å². The first-order valence-corrected chi connectivity index (χ1v) is 9.34. The fourth-order valence-corrected chi connectivity index (χ4v) is 3.48. The van der Waals surface area contributed by atoms with Crippen LogP contribution in [-0.2, 0) is 20.1 Å². The molecule has 0 aromatic heterocycles. The van der Waals surface area contributed by atoms with E-state index in [1.54, 1.807) is 37.9 Å². The van der Waals surface area contributed by atoms with Crippen LogP contribution in [0, 0.1) is 0 Å². The first kappa shape index (κ1) is 19.3. The number of halogens is 1. The number of nitrogens with one attached hydrogen (secondary N) is 1. The summed E-state index contributed by atoms with van der Waals surface area (Å²) in [6.07, 6.45) is 0. The van der Waals surface area contributed by atoms with Crippen molar-refractivity contribution in [1.82, 2.24) is 0 Å². The van der Waals surface area contributed by atoms with Gasteiger partial charge in [0.15, 0.2) is 0 Å². The third-order valence-electron chi connectivity index (χ3n) is 3.21. The van der Waals surface area contributed by atoms with Gasteiger partial charge in [-0.2, -0.15) is 0 Å². The minimum Gasteiger partial charge on any atom is -0.497 e. The van der Waals surface area contributed by atoms with Gasteiger partial charge in [0, 0.05) is 15.1 Å². The van der Waals surface area contributed by atoms with E-state index in [4.69, 9.17) is 9.47 Å². The summed E-state index contributed by atoms with van der Waals surface area (Å²) < 4.78 is 10.7. The predicted octanol–water partition coefficient (Wildman–Crippen LogP) is 4.25. The van der Waals surface area contributed by atoms with Gasteiger partial charge in [0.2, 0.25) is 0 Å². The van der Waals surface area contributed by atoms with Crippen molar-refractivity contribution in [2.75, 3.05) is 19.0 Å². The second-order valence-corrected chi connectivity index (χ2v) is 6.88. The van der Waals surface area contributed by atoms with Crippen LogP contribution in [0.1, 0.15) is 12.5 Å². The molecule has 0 bridgehead atoms. The summed E-state index contributed by atoms with van der Waals surface area (Å²) in [6, 6.07) is 13.2. The van der Waals surface area contributed by atoms with Crippen molar-refractivity contribution in [3.63, 3.8) is 0 Å². The van der Waals surface area contributed by atoms with Crippen LogP contribution in [0.2, 0.25) is 0 Å². The molecule has 2 aromatic carbocycles. The number of benzene rings is 2. The normalized spacial score (nSPS) is 10.2. The standard InChI is InChI=1S/C18H18BrNO4S/c1-3-24-18(22)17(21)20-15-9-6-13(19)10-16(15)25-11-12-4-7-14(23-2)8-5-12/h4-10H,3,11H2,1-2H3,(H,20,21). The molecule has 0 spiro atoms. The molecule has 0 radical (unpaired) electrons. The third-order valence-corrected chi connectivity index (χ3v) is 4.83. The van der Waals surface area contributed by atoms with E-state index < -0.39 is 11.9 Å². The smallest absolute Gasteiger partial charge is 0.397 e. The van der Waals surface area contributed by atoms with Gasteiger partial charge in [0.05, 0.1) is 19.4 Å². The minimum absolute atomic E-state index is 0.158. The summed E-state index contributed by atoms with van der Waals surface area (Å²) in [4.78, 5) is 24.2. The maximum Gasteiger partial charge on any atom is 0.397 e. The van der Waals surface area contributed by atoms with Gasteiger partial charge in [-0.25, -0.2) is 4.79 Å². The van der Waals surface area contributed by atoms with Gasteiger partial charge in [-0.05, 0) is 42.8 Å². The molecular formula is C18H18BrNO4S. The van der Waals surface area contributed by atoms with Crippen LogP contribution in [-0.4, -0.2) is 25.6 Å². The highest BCUT2D eigenvalue weighted by atomic mass is 79.9. The van der Waals surface area contributed by atoms with Gasteiger partial charge >= 0.3 is 11.9 Å². The average Bonchev–Trinajstić information content (AvgIpc) is 2.62. The predicted molar refractivity (Wildman–Crippen MR) is 102 cm³/mol. The molecule has 0 aliphatic carbocycles. The largest absolute Gasteiger partial charge is 0.497 e. The summed E-state index contributed by atoms with van der Waals surface area (Å²) in [6.45, 7) is 1.81. The zero-order valence-corrected chi connectivity index (χ0v) is 16.3. The van der Waals surface area contributed by atoms with E-state index >= 15 is 0 Å². The highest BCUT2D eigenvalue weighted by Gasteiger charge is 2.16. The van der Waals surface area contributed by atoms with Crippen LogP contribution >= 0.6 is 27.7 Å². The lowest BCUT2D eigenvalue weighted by molar-refractivity contribution is -0.152. The maximum absolute atomic E-state index is 11.9. The van der Waals surface area contributed by atoms with Gasteiger partial charge in [-0.15, -0.1) is 11.8 Å². The average molecular weight is 424 g/mol. The number of anilines is 1. The lowest BCUT2D eigenvalue weighted by Crippen LogP contribution is -2.25. The second kappa shape index (κ2) is 9.48. The van der Waals surface area contributed by atoms with Crippen molar-refractivity contribution >= 4 is 45.3 Å². The molecule has 0 saturated heterocycles. The van der Waals surface area contributed by atoms with Gasteiger partial charge in [-0.3, -0.25) is 4.79 Å². The summed E-state index contributed by atoms with van der Waals surface area (Å²) in [5, 5.41) is 2.60. The van der Waals surface area contributed by atoms with E-state index in [2.05, 4.69) is 21.2 Å². The molecule has 0 aliphatic rings. The van der Waals surface area contributed by atoms with Crippen molar-refractivity contribution in [3.05, 3.63) is 52.5 Å². The lowest BCUT2D eigenvalue weighted by atomic mass is 10.2. The Bertz CT molecular complexity index is 749. The molecule has 0 heterocycles. The van der Waals surface area contributed by atoms with Crippen LogP contribution in [0.15, 0.2) is 51.8 Å². The quantitative estimate of drug-likeness (QED) is 0.427. The number of hydrogen-bond acceptors (Lipinski definition) is 5. The molecule has 5 nitrogen and oxygen atoms in total. The summed E-state index contributed by atoms with van der Waals surface area (Å²) in [7, 11) is 1.63. The van der Waals surface area contributed by atoms with Crippen LogP contribution in [0.25, 0.3) is 0 Å². The molecule has 132 valence electrons. The molecular weight excluding hydrogens is 406 g/mol. The molecule has 1 amide bonds. The van der Waals surface area contributed by atoms with E-state index in [0.717, 1.165) is 20.7 Å².